The summed E-state index contributed by atoms with van der Waals surface area (Å²) >= 11 is 0. The number of Topliss-reactive ketones (excluding diaryl/α,β-unsaturated/α-hetero) is 1. The van der Waals surface area contributed by atoms with Crippen molar-refractivity contribution in [3.8, 4) is 0 Å². The molecule has 1 aliphatic heterocycles. The van der Waals surface area contributed by atoms with Gasteiger partial charge < -0.3 is 14.2 Å². The molecular formula is C27H35F3N4O3. The Morgan fingerprint density at radius 2 is 1.81 bits per heavy atom. The van der Waals surface area contributed by atoms with Crippen molar-refractivity contribution in [2.75, 3.05) is 19.7 Å². The lowest BCUT2D eigenvalue weighted by Gasteiger charge is -2.27. The molecule has 4 rings (SSSR count). The van der Waals surface area contributed by atoms with Gasteiger partial charge >= 0.3 is 6.18 Å². The highest BCUT2D eigenvalue weighted by atomic mass is 19.4. The van der Waals surface area contributed by atoms with Gasteiger partial charge in [0.15, 0.2) is 5.60 Å². The van der Waals surface area contributed by atoms with Gasteiger partial charge in [-0.2, -0.15) is 13.2 Å². The first kappa shape index (κ1) is 27.3. The van der Waals surface area contributed by atoms with Crippen LogP contribution in [0.2, 0.25) is 0 Å². The third-order valence-corrected chi connectivity index (χ3v) is 7.55. The second-order valence-electron chi connectivity index (χ2n) is 10.9. The predicted molar refractivity (Wildman–Crippen MR) is 131 cm³/mol. The van der Waals surface area contributed by atoms with E-state index in [-0.39, 0.29) is 43.1 Å². The molecule has 1 saturated carbocycles. The van der Waals surface area contributed by atoms with E-state index >= 15 is 0 Å². The zero-order chi connectivity index (χ0) is 27.1. The molecule has 0 radical (unpaired) electrons. The van der Waals surface area contributed by atoms with E-state index in [1.165, 1.54) is 6.92 Å². The van der Waals surface area contributed by atoms with Crippen LogP contribution >= 0.6 is 0 Å². The topological polar surface area (TPSA) is 77.3 Å². The summed E-state index contributed by atoms with van der Waals surface area (Å²) in [4.78, 5) is 27.5. The fourth-order valence-electron chi connectivity index (χ4n) is 4.98. The van der Waals surface area contributed by atoms with E-state index in [0.717, 1.165) is 43.4 Å². The van der Waals surface area contributed by atoms with E-state index in [2.05, 4.69) is 16.3 Å². The Morgan fingerprint density at radius 3 is 2.41 bits per heavy atom. The Morgan fingerprint density at radius 1 is 1.11 bits per heavy atom. The number of hydrogen-bond acceptors (Lipinski definition) is 5. The van der Waals surface area contributed by atoms with Gasteiger partial charge in [-0.3, -0.25) is 9.59 Å². The van der Waals surface area contributed by atoms with Crippen LogP contribution in [0.1, 0.15) is 73.9 Å². The number of amides is 1. The lowest BCUT2D eigenvalue weighted by molar-refractivity contribution is -0.263. The minimum atomic E-state index is -4.48. The molecule has 37 heavy (non-hydrogen) atoms. The van der Waals surface area contributed by atoms with E-state index in [1.807, 2.05) is 30.5 Å². The lowest BCUT2D eigenvalue weighted by Crippen LogP contribution is -2.42. The molecule has 0 N–H and O–H groups in total. The summed E-state index contributed by atoms with van der Waals surface area (Å²) in [6, 6.07) is 6.16. The summed E-state index contributed by atoms with van der Waals surface area (Å²) in [5, 5.41) is 8.74. The van der Waals surface area contributed by atoms with E-state index in [0.29, 0.717) is 24.7 Å². The number of nitrogens with zero attached hydrogens (tertiary/aromatic N) is 4. The first-order chi connectivity index (χ1) is 17.3. The summed E-state index contributed by atoms with van der Waals surface area (Å²) in [7, 11) is 0. The summed E-state index contributed by atoms with van der Waals surface area (Å²) < 4.78 is 46.7. The minimum Gasteiger partial charge on any atom is -0.366 e. The van der Waals surface area contributed by atoms with Gasteiger partial charge in [-0.05, 0) is 51.7 Å². The van der Waals surface area contributed by atoms with Crippen LogP contribution in [0.15, 0.2) is 18.2 Å². The Kier molecular flexibility index (Phi) is 7.52. The van der Waals surface area contributed by atoms with E-state index in [9.17, 15) is 22.8 Å². The molecule has 1 amide bonds. The average Bonchev–Trinajstić information content (AvgIpc) is 3.38. The normalized spacial score (nSPS) is 20.5. The van der Waals surface area contributed by atoms with Gasteiger partial charge in [0, 0.05) is 50.7 Å². The number of ketones is 1. The number of carbonyl (C=O) groups excluding carboxylic acids is 2. The van der Waals surface area contributed by atoms with Crippen molar-refractivity contribution in [1.29, 1.82) is 0 Å². The molecule has 202 valence electrons. The minimum absolute atomic E-state index is 0.0443. The zero-order valence-corrected chi connectivity index (χ0v) is 22.1. The van der Waals surface area contributed by atoms with E-state index in [1.54, 1.807) is 4.90 Å². The number of carbonyl (C=O) groups is 2. The number of aryl methyl sites for hydroxylation is 2. The number of alkyl halides is 3. The molecule has 1 aromatic heterocycles. The average molecular weight is 521 g/mol. The second-order valence-corrected chi connectivity index (χ2v) is 10.9. The molecule has 0 unspecified atom stereocenters. The van der Waals surface area contributed by atoms with E-state index in [4.69, 9.17) is 4.74 Å². The Balaban J connectivity index is 1.57. The molecule has 2 aliphatic rings. The lowest BCUT2D eigenvalue weighted by atomic mass is 9.87. The smallest absolute Gasteiger partial charge is 0.366 e. The number of benzene rings is 1. The molecule has 1 aliphatic carbocycles. The van der Waals surface area contributed by atoms with Gasteiger partial charge in [0.2, 0.25) is 5.91 Å². The third-order valence-electron chi connectivity index (χ3n) is 7.55. The van der Waals surface area contributed by atoms with Crippen molar-refractivity contribution in [3.05, 3.63) is 46.5 Å². The van der Waals surface area contributed by atoms with Gasteiger partial charge in [-0.1, -0.05) is 23.8 Å². The van der Waals surface area contributed by atoms with Crippen molar-refractivity contribution < 1.29 is 27.5 Å². The van der Waals surface area contributed by atoms with Crippen LogP contribution in [0.25, 0.3) is 0 Å². The van der Waals surface area contributed by atoms with Crippen molar-refractivity contribution in [2.24, 2.45) is 5.92 Å². The Bertz CT molecular complexity index is 1170. The predicted octanol–water partition coefficient (Wildman–Crippen LogP) is 4.50. The van der Waals surface area contributed by atoms with Crippen molar-refractivity contribution in [3.63, 3.8) is 0 Å². The van der Waals surface area contributed by atoms with Gasteiger partial charge in [0.05, 0.1) is 6.61 Å². The van der Waals surface area contributed by atoms with Crippen molar-refractivity contribution in [1.82, 2.24) is 19.7 Å². The molecule has 2 heterocycles. The zero-order valence-electron chi connectivity index (χ0n) is 22.1. The molecule has 1 saturated heterocycles. The van der Waals surface area contributed by atoms with Gasteiger partial charge in [0.25, 0.3) is 0 Å². The molecule has 0 bridgehead atoms. The number of ether oxygens (including phenoxy) is 1. The van der Waals surface area contributed by atoms with Crippen LogP contribution in [-0.4, -0.2) is 62.8 Å². The molecule has 0 spiro atoms. The maximum Gasteiger partial charge on any atom is 0.416 e. The Labute approximate surface area is 215 Å². The third kappa shape index (κ3) is 5.89. The fraction of sp³-hybridized carbons (Fsp3) is 0.630. The second kappa shape index (κ2) is 10.2. The van der Waals surface area contributed by atoms with Crippen molar-refractivity contribution in [2.45, 2.75) is 84.0 Å². The maximum absolute atomic E-state index is 13.6. The summed E-state index contributed by atoms with van der Waals surface area (Å²) in [6.45, 7) is 8.02. The van der Waals surface area contributed by atoms with Gasteiger partial charge in [-0.15, -0.1) is 10.2 Å². The molecule has 2 atom stereocenters. The van der Waals surface area contributed by atoms with Crippen LogP contribution < -0.4 is 0 Å². The molecular weight excluding hydrogens is 485 g/mol. The molecule has 7 nitrogen and oxygen atoms in total. The van der Waals surface area contributed by atoms with E-state index < -0.39 is 17.7 Å². The molecule has 1 aromatic carbocycles. The molecule has 2 fully saturated rings. The summed E-state index contributed by atoms with van der Waals surface area (Å²) in [5.74, 6) is 0.374. The number of halogens is 3. The number of aromatic nitrogens is 3. The highest BCUT2D eigenvalue weighted by molar-refractivity contribution is 5.86. The highest BCUT2D eigenvalue weighted by Crippen LogP contribution is 2.42. The number of hydrogen-bond donors (Lipinski definition) is 0. The molecule has 10 heteroatoms. The van der Waals surface area contributed by atoms with Crippen LogP contribution in [0.4, 0.5) is 13.2 Å². The number of likely N-dealkylation sites (tertiary alicyclic amines) is 1. The first-order valence-corrected chi connectivity index (χ1v) is 12.8. The summed E-state index contributed by atoms with van der Waals surface area (Å²) in [5.41, 5.74) is 0.878. The van der Waals surface area contributed by atoms with Crippen LogP contribution in [0.3, 0.4) is 0 Å². The van der Waals surface area contributed by atoms with Gasteiger partial charge in [0.1, 0.15) is 17.4 Å². The first-order valence-electron chi connectivity index (χ1n) is 12.8. The Hall–Kier alpha value is -2.75. The van der Waals surface area contributed by atoms with Crippen LogP contribution in [0, 0.1) is 19.8 Å². The maximum atomic E-state index is 13.6. The molecule has 2 aromatic rings. The highest BCUT2D eigenvalue weighted by Gasteiger charge is 2.48. The fourth-order valence-corrected chi connectivity index (χ4v) is 4.98. The standard InChI is InChI=1S/C27H35F3N4O3/c1-16-6-7-19(17(2)12-16)13-23(36)21-14-33(18(3)35)15-22(21)25-32-31-24(34(25)20-8-9-20)10-11-37-26(4,5)27(28,29)30/h6-7,12,20-22H,8-11,13-15H2,1-5H3/t21-,22-/m0/s1. The monoisotopic (exact) mass is 520 g/mol. The summed E-state index contributed by atoms with van der Waals surface area (Å²) in [6.07, 6.45) is -2.21. The quantitative estimate of drug-likeness (QED) is 0.487. The van der Waals surface area contributed by atoms with Gasteiger partial charge in [-0.25, -0.2) is 0 Å². The SMILES string of the molecule is CC(=O)N1C[C@H](C(=O)Cc2ccc(C)cc2C)[C@@H](c2nnc(CCOC(C)(C)C(F)(F)F)n2C2CC2)C1. The largest absolute Gasteiger partial charge is 0.416 e. The van der Waals surface area contributed by atoms with Crippen LogP contribution in [0.5, 0.6) is 0 Å². The van der Waals surface area contributed by atoms with Crippen molar-refractivity contribution >= 4 is 11.7 Å². The number of rotatable bonds is 9. The van der Waals surface area contributed by atoms with Crippen LogP contribution in [-0.2, 0) is 27.2 Å².